The molecule has 1 aromatic carbocycles. The summed E-state index contributed by atoms with van der Waals surface area (Å²) in [5.74, 6) is 0.867. The maximum absolute atomic E-state index is 5.90. The molecule has 22 heavy (non-hydrogen) atoms. The lowest BCUT2D eigenvalue weighted by Crippen LogP contribution is -2.44. The lowest BCUT2D eigenvalue weighted by molar-refractivity contribution is 0.204. The van der Waals surface area contributed by atoms with Crippen molar-refractivity contribution in [3.8, 4) is 0 Å². The van der Waals surface area contributed by atoms with Crippen molar-refractivity contribution < 1.29 is 0 Å². The number of halogens is 1. The van der Waals surface area contributed by atoms with Crippen LogP contribution in [0, 0.1) is 0 Å². The number of nitrogens with one attached hydrogen (secondary N) is 2. The lowest BCUT2D eigenvalue weighted by Gasteiger charge is -2.31. The lowest BCUT2D eigenvalue weighted by atomic mass is 10.1. The number of likely N-dealkylation sites (N-methyl/N-ethyl adjacent to an activating group) is 1. The van der Waals surface area contributed by atoms with Crippen molar-refractivity contribution in [3.05, 3.63) is 34.9 Å². The number of benzene rings is 1. The SMILES string of the molecule is CCNC(=NCC(C)(C)N(C)C)NCCc1ccc(Cl)cc1. The quantitative estimate of drug-likeness (QED) is 0.598. The highest BCUT2D eigenvalue weighted by atomic mass is 35.5. The molecule has 0 aliphatic carbocycles. The Morgan fingerprint density at radius 1 is 1.18 bits per heavy atom. The van der Waals surface area contributed by atoms with Gasteiger partial charge in [-0.2, -0.15) is 0 Å². The molecule has 0 unspecified atom stereocenters. The van der Waals surface area contributed by atoms with Gasteiger partial charge in [0, 0.05) is 23.7 Å². The second-order valence-electron chi connectivity index (χ2n) is 6.21. The van der Waals surface area contributed by atoms with Gasteiger partial charge in [0.2, 0.25) is 0 Å². The number of rotatable bonds is 7. The van der Waals surface area contributed by atoms with E-state index in [0.717, 1.165) is 37.0 Å². The van der Waals surface area contributed by atoms with Crippen LogP contribution in [0.5, 0.6) is 0 Å². The van der Waals surface area contributed by atoms with Gasteiger partial charge in [-0.3, -0.25) is 4.99 Å². The Bertz CT molecular complexity index is 466. The van der Waals surface area contributed by atoms with Crippen molar-refractivity contribution in [2.45, 2.75) is 32.7 Å². The first-order chi connectivity index (χ1) is 10.3. The van der Waals surface area contributed by atoms with Gasteiger partial charge >= 0.3 is 0 Å². The van der Waals surface area contributed by atoms with Crippen molar-refractivity contribution in [2.24, 2.45) is 4.99 Å². The molecule has 0 fully saturated rings. The highest BCUT2D eigenvalue weighted by Crippen LogP contribution is 2.10. The third kappa shape index (κ3) is 6.67. The monoisotopic (exact) mass is 324 g/mol. The van der Waals surface area contributed by atoms with E-state index in [0.29, 0.717) is 0 Å². The maximum atomic E-state index is 5.90. The number of aliphatic imine (C=N–C) groups is 1. The van der Waals surface area contributed by atoms with Gasteiger partial charge in [0.1, 0.15) is 0 Å². The molecule has 0 amide bonds. The van der Waals surface area contributed by atoms with Crippen LogP contribution in [0.15, 0.2) is 29.3 Å². The molecule has 2 N–H and O–H groups in total. The largest absolute Gasteiger partial charge is 0.357 e. The van der Waals surface area contributed by atoms with E-state index in [1.807, 2.05) is 12.1 Å². The summed E-state index contributed by atoms with van der Waals surface area (Å²) in [6, 6.07) is 7.97. The summed E-state index contributed by atoms with van der Waals surface area (Å²) in [7, 11) is 4.16. The number of hydrogen-bond donors (Lipinski definition) is 2. The van der Waals surface area contributed by atoms with E-state index in [1.165, 1.54) is 5.56 Å². The Morgan fingerprint density at radius 3 is 2.36 bits per heavy atom. The molecule has 0 aromatic heterocycles. The van der Waals surface area contributed by atoms with Crippen molar-refractivity contribution in [1.29, 1.82) is 0 Å². The van der Waals surface area contributed by atoms with Gasteiger partial charge in [-0.1, -0.05) is 23.7 Å². The molecule has 124 valence electrons. The zero-order valence-electron chi connectivity index (χ0n) is 14.4. The van der Waals surface area contributed by atoms with E-state index in [4.69, 9.17) is 11.6 Å². The van der Waals surface area contributed by atoms with E-state index in [1.54, 1.807) is 0 Å². The smallest absolute Gasteiger partial charge is 0.191 e. The summed E-state index contributed by atoms with van der Waals surface area (Å²) in [6.45, 7) is 8.90. The van der Waals surface area contributed by atoms with Crippen LogP contribution in [-0.4, -0.2) is 50.1 Å². The summed E-state index contributed by atoms with van der Waals surface area (Å²) in [5, 5.41) is 7.45. The molecule has 1 aromatic rings. The predicted octanol–water partition coefficient (Wildman–Crippen LogP) is 2.78. The summed E-state index contributed by atoms with van der Waals surface area (Å²) < 4.78 is 0. The second kappa shape index (κ2) is 9.01. The Labute approximate surface area is 140 Å². The molecule has 0 aliphatic rings. The number of hydrogen-bond acceptors (Lipinski definition) is 2. The summed E-state index contributed by atoms with van der Waals surface area (Å²) in [6.07, 6.45) is 0.943. The molecular formula is C17H29ClN4. The van der Waals surface area contributed by atoms with E-state index in [9.17, 15) is 0 Å². The van der Waals surface area contributed by atoms with Gasteiger partial charge in [0.25, 0.3) is 0 Å². The van der Waals surface area contributed by atoms with Crippen molar-refractivity contribution in [3.63, 3.8) is 0 Å². The van der Waals surface area contributed by atoms with Crippen molar-refractivity contribution >= 4 is 17.6 Å². The van der Waals surface area contributed by atoms with Gasteiger partial charge in [-0.25, -0.2) is 0 Å². The number of guanidine groups is 1. The second-order valence-corrected chi connectivity index (χ2v) is 6.64. The molecule has 5 heteroatoms. The van der Waals surface area contributed by atoms with Gasteiger partial charge in [0.05, 0.1) is 6.54 Å². The summed E-state index contributed by atoms with van der Waals surface area (Å²) >= 11 is 5.90. The molecule has 0 atom stereocenters. The molecule has 0 bridgehead atoms. The summed E-state index contributed by atoms with van der Waals surface area (Å²) in [5.41, 5.74) is 1.31. The average molecular weight is 325 g/mol. The maximum Gasteiger partial charge on any atom is 0.191 e. The van der Waals surface area contributed by atoms with Crippen molar-refractivity contribution in [2.75, 3.05) is 33.7 Å². The Kier molecular flexibility index (Phi) is 7.69. The Hall–Kier alpha value is -1.26. The van der Waals surface area contributed by atoms with Gasteiger partial charge in [-0.05, 0) is 59.0 Å². The summed E-state index contributed by atoms with van der Waals surface area (Å²) in [4.78, 5) is 6.87. The fraction of sp³-hybridized carbons (Fsp3) is 0.588. The zero-order valence-corrected chi connectivity index (χ0v) is 15.2. The Balaban J connectivity index is 2.51. The van der Waals surface area contributed by atoms with E-state index < -0.39 is 0 Å². The fourth-order valence-corrected chi connectivity index (χ4v) is 1.86. The van der Waals surface area contributed by atoms with Crippen LogP contribution in [0.25, 0.3) is 0 Å². The van der Waals surface area contributed by atoms with E-state index in [-0.39, 0.29) is 5.54 Å². The standard InChI is InChI=1S/C17H29ClN4/c1-6-19-16(21-13-17(2,3)22(4)5)20-12-11-14-7-9-15(18)10-8-14/h7-10H,6,11-13H2,1-5H3,(H2,19,20,21). The molecule has 1 rings (SSSR count). The first kappa shape index (κ1) is 18.8. The molecule has 0 spiro atoms. The van der Waals surface area contributed by atoms with Crippen LogP contribution in [0.4, 0.5) is 0 Å². The molecule has 0 aliphatic heterocycles. The first-order valence-corrected chi connectivity index (χ1v) is 8.17. The molecule has 4 nitrogen and oxygen atoms in total. The van der Waals surface area contributed by atoms with Crippen LogP contribution in [-0.2, 0) is 6.42 Å². The third-order valence-corrected chi connectivity index (χ3v) is 4.05. The molecule has 0 saturated heterocycles. The average Bonchev–Trinajstić information content (AvgIpc) is 2.46. The van der Waals surface area contributed by atoms with E-state index >= 15 is 0 Å². The van der Waals surface area contributed by atoms with Crippen molar-refractivity contribution in [1.82, 2.24) is 15.5 Å². The number of nitrogens with zero attached hydrogens (tertiary/aromatic N) is 2. The van der Waals surface area contributed by atoms with Gasteiger partial charge in [-0.15, -0.1) is 0 Å². The molecule has 0 radical (unpaired) electrons. The molecule has 0 heterocycles. The van der Waals surface area contributed by atoms with Gasteiger partial charge in [0.15, 0.2) is 5.96 Å². The first-order valence-electron chi connectivity index (χ1n) is 7.79. The van der Waals surface area contributed by atoms with Crippen LogP contribution < -0.4 is 10.6 Å². The van der Waals surface area contributed by atoms with Crippen LogP contribution in [0.1, 0.15) is 26.3 Å². The minimum atomic E-state index is 0.0402. The van der Waals surface area contributed by atoms with Crippen LogP contribution in [0.3, 0.4) is 0 Å². The normalized spacial score (nSPS) is 12.6. The predicted molar refractivity (Wildman–Crippen MR) is 96.9 cm³/mol. The highest BCUT2D eigenvalue weighted by molar-refractivity contribution is 6.30. The van der Waals surface area contributed by atoms with Crippen LogP contribution in [0.2, 0.25) is 5.02 Å². The highest BCUT2D eigenvalue weighted by Gasteiger charge is 2.19. The zero-order chi connectivity index (χ0) is 16.6. The van der Waals surface area contributed by atoms with Crippen LogP contribution >= 0.6 is 11.6 Å². The fourth-order valence-electron chi connectivity index (χ4n) is 1.73. The minimum Gasteiger partial charge on any atom is -0.357 e. The Morgan fingerprint density at radius 2 is 1.82 bits per heavy atom. The molecular weight excluding hydrogens is 296 g/mol. The van der Waals surface area contributed by atoms with E-state index in [2.05, 4.69) is 67.5 Å². The molecule has 0 saturated carbocycles. The van der Waals surface area contributed by atoms with Gasteiger partial charge < -0.3 is 15.5 Å². The minimum absolute atomic E-state index is 0.0402. The third-order valence-electron chi connectivity index (χ3n) is 3.80. The topological polar surface area (TPSA) is 39.7 Å².